The van der Waals surface area contributed by atoms with Crippen LogP contribution in [-0.2, 0) is 4.79 Å². The fraction of sp³-hybridized carbons (Fsp3) is 0.438. The van der Waals surface area contributed by atoms with Crippen molar-refractivity contribution in [3.8, 4) is 6.07 Å². The molecular weight excluding hydrogens is 266 g/mol. The standard InChI is InChI=1S/C16H19N3O2/c1-2-15(20)19-8-6-14(7-9-19)18-16(21)13-5-3-4-12(10-13)11-17/h3-5,10,14H,2,6-9H2,1H3,(H,18,21). The number of nitriles is 1. The van der Waals surface area contributed by atoms with Crippen LogP contribution in [0.4, 0.5) is 0 Å². The quantitative estimate of drug-likeness (QED) is 0.918. The Morgan fingerprint density at radius 1 is 1.38 bits per heavy atom. The number of nitrogens with zero attached hydrogens (tertiary/aromatic N) is 2. The van der Waals surface area contributed by atoms with E-state index in [1.54, 1.807) is 24.3 Å². The van der Waals surface area contributed by atoms with Gasteiger partial charge in [-0.25, -0.2) is 0 Å². The van der Waals surface area contributed by atoms with E-state index < -0.39 is 0 Å². The molecule has 0 saturated carbocycles. The molecule has 110 valence electrons. The minimum atomic E-state index is -0.160. The fourth-order valence-corrected chi connectivity index (χ4v) is 2.50. The Morgan fingerprint density at radius 2 is 2.10 bits per heavy atom. The van der Waals surface area contributed by atoms with Crippen molar-refractivity contribution in [2.45, 2.75) is 32.2 Å². The zero-order valence-electron chi connectivity index (χ0n) is 12.1. The Bertz CT molecular complexity index is 569. The van der Waals surface area contributed by atoms with Gasteiger partial charge in [0.2, 0.25) is 5.91 Å². The van der Waals surface area contributed by atoms with E-state index in [-0.39, 0.29) is 17.9 Å². The van der Waals surface area contributed by atoms with E-state index in [1.165, 1.54) is 0 Å². The summed E-state index contributed by atoms with van der Waals surface area (Å²) in [5, 5.41) is 11.8. The summed E-state index contributed by atoms with van der Waals surface area (Å²) in [6.45, 7) is 3.24. The number of carbonyl (C=O) groups is 2. The molecule has 1 fully saturated rings. The van der Waals surface area contributed by atoms with Gasteiger partial charge in [0.1, 0.15) is 0 Å². The first-order valence-corrected chi connectivity index (χ1v) is 7.23. The normalized spacial score (nSPS) is 15.3. The topological polar surface area (TPSA) is 73.2 Å². The lowest BCUT2D eigenvalue weighted by atomic mass is 10.0. The second-order valence-electron chi connectivity index (χ2n) is 5.17. The summed E-state index contributed by atoms with van der Waals surface area (Å²) in [4.78, 5) is 25.6. The van der Waals surface area contributed by atoms with Crippen LogP contribution in [0.25, 0.3) is 0 Å². The van der Waals surface area contributed by atoms with Gasteiger partial charge in [0.15, 0.2) is 0 Å². The van der Waals surface area contributed by atoms with Crippen molar-refractivity contribution in [3.63, 3.8) is 0 Å². The summed E-state index contributed by atoms with van der Waals surface area (Å²) < 4.78 is 0. The number of likely N-dealkylation sites (tertiary alicyclic amines) is 1. The van der Waals surface area contributed by atoms with Gasteiger partial charge in [-0.2, -0.15) is 5.26 Å². The molecule has 1 N–H and O–H groups in total. The molecule has 0 spiro atoms. The first-order chi connectivity index (χ1) is 10.1. The van der Waals surface area contributed by atoms with Gasteiger partial charge in [-0.05, 0) is 31.0 Å². The van der Waals surface area contributed by atoms with Gasteiger partial charge in [-0.1, -0.05) is 13.0 Å². The average Bonchev–Trinajstić information content (AvgIpc) is 2.54. The van der Waals surface area contributed by atoms with Crippen LogP contribution in [0.1, 0.15) is 42.1 Å². The minimum absolute atomic E-state index is 0.0872. The molecule has 0 atom stereocenters. The number of hydrogen-bond donors (Lipinski definition) is 1. The van der Waals surface area contributed by atoms with Crippen LogP contribution in [0.15, 0.2) is 24.3 Å². The predicted octanol–water partition coefficient (Wildman–Crippen LogP) is 1.69. The molecule has 21 heavy (non-hydrogen) atoms. The number of rotatable bonds is 3. The monoisotopic (exact) mass is 285 g/mol. The molecule has 0 aromatic heterocycles. The predicted molar refractivity (Wildman–Crippen MR) is 78.5 cm³/mol. The summed E-state index contributed by atoms with van der Waals surface area (Å²) in [6, 6.07) is 8.78. The molecule has 1 heterocycles. The molecule has 0 bridgehead atoms. The smallest absolute Gasteiger partial charge is 0.251 e. The Labute approximate surface area is 124 Å². The summed E-state index contributed by atoms with van der Waals surface area (Å²) >= 11 is 0. The van der Waals surface area contributed by atoms with E-state index in [2.05, 4.69) is 5.32 Å². The average molecular weight is 285 g/mol. The molecule has 5 nitrogen and oxygen atoms in total. The van der Waals surface area contributed by atoms with Gasteiger partial charge in [-0.15, -0.1) is 0 Å². The van der Waals surface area contributed by atoms with Crippen molar-refractivity contribution < 1.29 is 9.59 Å². The van der Waals surface area contributed by atoms with Crippen molar-refractivity contribution >= 4 is 11.8 Å². The van der Waals surface area contributed by atoms with Gasteiger partial charge >= 0.3 is 0 Å². The Balaban J connectivity index is 1.90. The van der Waals surface area contributed by atoms with Crippen molar-refractivity contribution in [1.29, 1.82) is 5.26 Å². The van der Waals surface area contributed by atoms with Gasteiger partial charge in [0, 0.05) is 31.1 Å². The molecule has 5 heteroatoms. The zero-order chi connectivity index (χ0) is 15.2. The Kier molecular flexibility index (Phi) is 4.94. The number of nitrogens with one attached hydrogen (secondary N) is 1. The highest BCUT2D eigenvalue weighted by Gasteiger charge is 2.23. The third-order valence-electron chi connectivity index (χ3n) is 3.74. The van der Waals surface area contributed by atoms with E-state index >= 15 is 0 Å². The highest BCUT2D eigenvalue weighted by Crippen LogP contribution is 2.12. The summed E-state index contributed by atoms with van der Waals surface area (Å²) in [5.74, 6) is 0.00821. The molecule has 1 aromatic carbocycles. The van der Waals surface area contributed by atoms with E-state index in [9.17, 15) is 9.59 Å². The van der Waals surface area contributed by atoms with Crippen LogP contribution >= 0.6 is 0 Å². The van der Waals surface area contributed by atoms with Gasteiger partial charge in [0.05, 0.1) is 11.6 Å². The fourth-order valence-electron chi connectivity index (χ4n) is 2.50. The summed E-state index contributed by atoms with van der Waals surface area (Å²) in [6.07, 6.45) is 2.07. The van der Waals surface area contributed by atoms with Crippen LogP contribution in [-0.4, -0.2) is 35.8 Å². The second-order valence-corrected chi connectivity index (χ2v) is 5.17. The Morgan fingerprint density at radius 3 is 2.71 bits per heavy atom. The minimum Gasteiger partial charge on any atom is -0.349 e. The van der Waals surface area contributed by atoms with Crippen molar-refractivity contribution in [3.05, 3.63) is 35.4 Å². The SMILES string of the molecule is CCC(=O)N1CCC(NC(=O)c2cccc(C#N)c2)CC1. The van der Waals surface area contributed by atoms with Crippen molar-refractivity contribution in [2.24, 2.45) is 0 Å². The van der Waals surface area contributed by atoms with Gasteiger partial charge < -0.3 is 10.2 Å². The van der Waals surface area contributed by atoms with E-state index in [1.807, 2.05) is 17.9 Å². The number of amides is 2. The maximum absolute atomic E-state index is 12.2. The zero-order valence-corrected chi connectivity index (χ0v) is 12.1. The lowest BCUT2D eigenvalue weighted by Gasteiger charge is -2.32. The van der Waals surface area contributed by atoms with Gasteiger partial charge in [0.25, 0.3) is 5.91 Å². The Hall–Kier alpha value is -2.35. The summed E-state index contributed by atoms with van der Waals surface area (Å²) in [5.41, 5.74) is 0.979. The van der Waals surface area contributed by atoms with Crippen LogP contribution in [0.5, 0.6) is 0 Å². The molecular formula is C16H19N3O2. The molecule has 1 aliphatic heterocycles. The molecule has 1 saturated heterocycles. The van der Waals surface area contributed by atoms with Crippen LogP contribution in [0, 0.1) is 11.3 Å². The lowest BCUT2D eigenvalue weighted by Crippen LogP contribution is -2.46. The van der Waals surface area contributed by atoms with E-state index in [0.29, 0.717) is 30.6 Å². The van der Waals surface area contributed by atoms with Crippen LogP contribution < -0.4 is 5.32 Å². The molecule has 0 aliphatic carbocycles. The largest absolute Gasteiger partial charge is 0.349 e. The maximum atomic E-state index is 12.2. The van der Waals surface area contributed by atoms with Gasteiger partial charge in [-0.3, -0.25) is 9.59 Å². The molecule has 0 radical (unpaired) electrons. The number of piperidine rings is 1. The molecule has 2 amide bonds. The van der Waals surface area contributed by atoms with E-state index in [0.717, 1.165) is 12.8 Å². The summed E-state index contributed by atoms with van der Waals surface area (Å²) in [7, 11) is 0. The van der Waals surface area contributed by atoms with Crippen molar-refractivity contribution in [2.75, 3.05) is 13.1 Å². The first kappa shape index (κ1) is 15.0. The third-order valence-corrected chi connectivity index (χ3v) is 3.74. The van der Waals surface area contributed by atoms with E-state index in [4.69, 9.17) is 5.26 Å². The maximum Gasteiger partial charge on any atom is 0.251 e. The molecule has 2 rings (SSSR count). The van der Waals surface area contributed by atoms with Crippen LogP contribution in [0.3, 0.4) is 0 Å². The van der Waals surface area contributed by atoms with Crippen LogP contribution in [0.2, 0.25) is 0 Å². The third kappa shape index (κ3) is 3.82. The molecule has 1 aliphatic rings. The lowest BCUT2D eigenvalue weighted by molar-refractivity contribution is -0.131. The number of benzene rings is 1. The number of hydrogen-bond acceptors (Lipinski definition) is 3. The highest BCUT2D eigenvalue weighted by molar-refractivity contribution is 5.94. The highest BCUT2D eigenvalue weighted by atomic mass is 16.2. The molecule has 0 unspecified atom stereocenters. The van der Waals surface area contributed by atoms with Crippen molar-refractivity contribution in [1.82, 2.24) is 10.2 Å². The molecule has 1 aromatic rings. The number of carbonyl (C=O) groups excluding carboxylic acids is 2. The first-order valence-electron chi connectivity index (χ1n) is 7.23. The second kappa shape index (κ2) is 6.89.